The topological polar surface area (TPSA) is 70.2 Å². The second-order valence-electron chi connectivity index (χ2n) is 8.75. The highest BCUT2D eigenvalue weighted by atomic mass is 32.1. The normalized spacial score (nSPS) is 20.8. The first-order chi connectivity index (χ1) is 15.2. The van der Waals surface area contributed by atoms with Gasteiger partial charge in [0.15, 0.2) is 0 Å². The molecule has 0 unspecified atom stereocenters. The number of nitrogens with zero attached hydrogens (tertiary/aromatic N) is 2. The summed E-state index contributed by atoms with van der Waals surface area (Å²) in [7, 11) is 0. The summed E-state index contributed by atoms with van der Waals surface area (Å²) in [5.41, 5.74) is 1.14. The van der Waals surface area contributed by atoms with Gasteiger partial charge < -0.3 is 15.0 Å². The molecule has 6 nitrogen and oxygen atoms in total. The van der Waals surface area contributed by atoms with Crippen LogP contribution >= 0.6 is 22.7 Å². The Kier molecular flexibility index (Phi) is 6.25. The SMILES string of the molecule is C[C@@H](NCC1(N2CCOCC2)CCCCC1)c1nc2scc(-c3cccs3)c2c(=O)[nH]1. The monoisotopic (exact) mass is 458 g/mol. The number of nitrogens with one attached hydrogen (secondary N) is 2. The van der Waals surface area contributed by atoms with Gasteiger partial charge in [0.2, 0.25) is 0 Å². The maximum Gasteiger partial charge on any atom is 0.260 e. The lowest BCUT2D eigenvalue weighted by Gasteiger charge is -2.48. The van der Waals surface area contributed by atoms with Crippen LogP contribution in [0.25, 0.3) is 20.7 Å². The highest BCUT2D eigenvalue weighted by Gasteiger charge is 2.38. The Balaban J connectivity index is 1.36. The Hall–Kier alpha value is -1.58. The fraction of sp³-hybridized carbons (Fsp3) is 0.565. The van der Waals surface area contributed by atoms with Gasteiger partial charge in [0, 0.05) is 41.0 Å². The molecule has 2 aliphatic rings. The van der Waals surface area contributed by atoms with E-state index in [1.807, 2.05) is 11.4 Å². The average molecular weight is 459 g/mol. The predicted molar refractivity (Wildman–Crippen MR) is 128 cm³/mol. The highest BCUT2D eigenvalue weighted by molar-refractivity contribution is 7.18. The lowest BCUT2D eigenvalue weighted by atomic mass is 9.79. The molecule has 166 valence electrons. The fourth-order valence-corrected chi connectivity index (χ4v) is 6.85. The molecular formula is C23H30N4O2S2. The van der Waals surface area contributed by atoms with E-state index in [0.717, 1.165) is 53.9 Å². The minimum absolute atomic E-state index is 0.00997. The van der Waals surface area contributed by atoms with Crippen molar-refractivity contribution < 1.29 is 4.74 Å². The molecule has 1 saturated carbocycles. The number of hydrogen-bond acceptors (Lipinski definition) is 7. The van der Waals surface area contributed by atoms with Gasteiger partial charge in [-0.15, -0.1) is 22.7 Å². The molecule has 0 bridgehead atoms. The van der Waals surface area contributed by atoms with E-state index in [4.69, 9.17) is 9.72 Å². The standard InChI is InChI=1S/C23H30N4O2S2/c1-16(24-15-23(7-3-2-4-8-23)27-9-11-29-12-10-27)20-25-21(28)19-17(14-31-22(19)26-20)18-6-5-13-30-18/h5-6,13-14,16,24H,2-4,7-12,15H2,1H3,(H,25,26,28)/t16-/m1/s1. The molecule has 3 aromatic heterocycles. The third-order valence-corrected chi connectivity index (χ3v) is 8.64. The second-order valence-corrected chi connectivity index (χ2v) is 10.6. The number of aromatic amines is 1. The summed E-state index contributed by atoms with van der Waals surface area (Å²) < 4.78 is 5.60. The van der Waals surface area contributed by atoms with Gasteiger partial charge >= 0.3 is 0 Å². The first kappa shape index (κ1) is 21.3. The van der Waals surface area contributed by atoms with Crippen LogP contribution < -0.4 is 10.9 Å². The van der Waals surface area contributed by atoms with Crippen LogP contribution in [0.2, 0.25) is 0 Å². The molecule has 5 rings (SSSR count). The molecule has 3 aromatic rings. The van der Waals surface area contributed by atoms with E-state index < -0.39 is 0 Å². The van der Waals surface area contributed by atoms with Crippen molar-refractivity contribution in [1.82, 2.24) is 20.2 Å². The quantitative estimate of drug-likeness (QED) is 0.573. The summed E-state index contributed by atoms with van der Waals surface area (Å²) in [5.74, 6) is 0.727. The number of fused-ring (bicyclic) bond motifs is 1. The molecular weight excluding hydrogens is 428 g/mol. The molecule has 1 aliphatic carbocycles. The second kappa shape index (κ2) is 9.11. The maximum absolute atomic E-state index is 13.0. The van der Waals surface area contributed by atoms with Crippen LogP contribution in [0, 0.1) is 0 Å². The molecule has 0 spiro atoms. The third-order valence-electron chi connectivity index (χ3n) is 6.86. The van der Waals surface area contributed by atoms with E-state index in [1.165, 1.54) is 32.1 Å². The fourth-order valence-electron chi connectivity index (χ4n) is 5.08. The van der Waals surface area contributed by atoms with Gasteiger partial charge in [-0.1, -0.05) is 25.3 Å². The largest absolute Gasteiger partial charge is 0.379 e. The molecule has 1 saturated heterocycles. The first-order valence-corrected chi connectivity index (χ1v) is 13.0. The molecule has 8 heteroatoms. The van der Waals surface area contributed by atoms with Gasteiger partial charge in [0.1, 0.15) is 10.7 Å². The van der Waals surface area contributed by atoms with Crippen LogP contribution in [0.1, 0.15) is 50.9 Å². The van der Waals surface area contributed by atoms with Crippen LogP contribution in [0.3, 0.4) is 0 Å². The van der Waals surface area contributed by atoms with Crippen molar-refractivity contribution >= 4 is 32.9 Å². The van der Waals surface area contributed by atoms with E-state index in [0.29, 0.717) is 5.39 Å². The summed E-state index contributed by atoms with van der Waals surface area (Å²) in [5, 5.41) is 8.52. The van der Waals surface area contributed by atoms with Crippen molar-refractivity contribution in [2.75, 3.05) is 32.8 Å². The van der Waals surface area contributed by atoms with Gasteiger partial charge in [-0.2, -0.15) is 0 Å². The van der Waals surface area contributed by atoms with E-state index in [9.17, 15) is 4.79 Å². The van der Waals surface area contributed by atoms with Gasteiger partial charge in [0.25, 0.3) is 5.56 Å². The summed E-state index contributed by atoms with van der Waals surface area (Å²) >= 11 is 3.20. The molecule has 0 aromatic carbocycles. The number of ether oxygens (including phenoxy) is 1. The van der Waals surface area contributed by atoms with E-state index in [2.05, 4.69) is 33.6 Å². The minimum Gasteiger partial charge on any atom is -0.379 e. The summed E-state index contributed by atoms with van der Waals surface area (Å²) in [6, 6.07) is 4.06. The first-order valence-electron chi connectivity index (χ1n) is 11.3. The zero-order valence-corrected chi connectivity index (χ0v) is 19.6. The molecule has 0 radical (unpaired) electrons. The number of rotatable bonds is 6. The predicted octanol–water partition coefficient (Wildman–Crippen LogP) is 4.40. The number of morpholine rings is 1. The van der Waals surface area contributed by atoms with Crippen LogP contribution in [0.5, 0.6) is 0 Å². The smallest absolute Gasteiger partial charge is 0.260 e. The molecule has 1 aliphatic heterocycles. The van der Waals surface area contributed by atoms with Crippen molar-refractivity contribution in [3.05, 3.63) is 39.1 Å². The minimum atomic E-state index is -0.0427. The third kappa shape index (κ3) is 4.24. The average Bonchev–Trinajstić information content (AvgIpc) is 3.49. The van der Waals surface area contributed by atoms with Gasteiger partial charge in [-0.05, 0) is 31.2 Å². The van der Waals surface area contributed by atoms with E-state index in [-0.39, 0.29) is 17.1 Å². The van der Waals surface area contributed by atoms with Crippen LogP contribution in [-0.4, -0.2) is 53.3 Å². The zero-order valence-electron chi connectivity index (χ0n) is 18.0. The molecule has 2 fully saturated rings. The number of hydrogen-bond donors (Lipinski definition) is 2. The van der Waals surface area contributed by atoms with Crippen LogP contribution in [0.15, 0.2) is 27.7 Å². The van der Waals surface area contributed by atoms with Gasteiger partial charge in [0.05, 0.1) is 24.6 Å². The maximum atomic E-state index is 13.0. The Labute approximate surface area is 190 Å². The molecule has 4 heterocycles. The van der Waals surface area contributed by atoms with Crippen LogP contribution in [0.4, 0.5) is 0 Å². The number of H-pyrrole nitrogens is 1. The van der Waals surface area contributed by atoms with Gasteiger partial charge in [-0.3, -0.25) is 9.69 Å². The molecule has 31 heavy (non-hydrogen) atoms. The van der Waals surface area contributed by atoms with Gasteiger partial charge in [-0.25, -0.2) is 4.98 Å². The van der Waals surface area contributed by atoms with Crippen molar-refractivity contribution in [1.29, 1.82) is 0 Å². The van der Waals surface area contributed by atoms with E-state index in [1.54, 1.807) is 22.7 Å². The Morgan fingerprint density at radius 3 is 2.81 bits per heavy atom. The van der Waals surface area contributed by atoms with Crippen molar-refractivity contribution in [2.24, 2.45) is 0 Å². The molecule has 1 atom stereocenters. The number of aromatic nitrogens is 2. The Morgan fingerprint density at radius 1 is 1.26 bits per heavy atom. The summed E-state index contributed by atoms with van der Waals surface area (Å²) in [6.07, 6.45) is 6.36. The van der Waals surface area contributed by atoms with Crippen molar-refractivity contribution in [3.63, 3.8) is 0 Å². The summed E-state index contributed by atoms with van der Waals surface area (Å²) in [4.78, 5) is 25.4. The molecule has 0 amide bonds. The van der Waals surface area contributed by atoms with E-state index >= 15 is 0 Å². The highest BCUT2D eigenvalue weighted by Crippen LogP contribution is 2.35. The Bertz CT molecular complexity index is 1060. The van der Waals surface area contributed by atoms with Crippen molar-refractivity contribution in [3.8, 4) is 10.4 Å². The Morgan fingerprint density at radius 2 is 2.06 bits per heavy atom. The summed E-state index contributed by atoms with van der Waals surface area (Å²) in [6.45, 7) is 6.70. The lowest BCUT2D eigenvalue weighted by molar-refractivity contribution is -0.0376. The number of thiophene rings is 2. The molecule has 2 N–H and O–H groups in total. The lowest BCUT2D eigenvalue weighted by Crippen LogP contribution is -2.59. The van der Waals surface area contributed by atoms with Crippen molar-refractivity contribution in [2.45, 2.75) is 50.6 Å². The zero-order chi connectivity index (χ0) is 21.3. The van der Waals surface area contributed by atoms with Crippen LogP contribution in [-0.2, 0) is 4.74 Å².